The summed E-state index contributed by atoms with van der Waals surface area (Å²) in [6.45, 7) is 2.69. The lowest BCUT2D eigenvalue weighted by molar-refractivity contribution is 0.0365. The van der Waals surface area contributed by atoms with Gasteiger partial charge in [-0.25, -0.2) is 21.6 Å². The lowest BCUT2D eigenvalue weighted by Gasteiger charge is -2.37. The Morgan fingerprint density at radius 3 is 2.20 bits per heavy atom. The average molecular weight is 610 g/mol. The van der Waals surface area contributed by atoms with Crippen LogP contribution in [0.15, 0.2) is 59.5 Å². The quantitative estimate of drug-likeness (QED) is 0.291. The Balaban J connectivity index is 2.53. The molecule has 1 amide bonds. The molecule has 2 rings (SSSR count). The highest BCUT2D eigenvalue weighted by molar-refractivity contribution is 7.90. The Kier molecular flexibility index (Phi) is 12.1. The summed E-state index contributed by atoms with van der Waals surface area (Å²) in [6, 6.07) is 15.4. The molecule has 0 fully saturated rings. The van der Waals surface area contributed by atoms with E-state index in [0.29, 0.717) is 17.7 Å². The van der Waals surface area contributed by atoms with Gasteiger partial charge >= 0.3 is 6.09 Å². The minimum atomic E-state index is -4.19. The van der Waals surface area contributed by atoms with Gasteiger partial charge < -0.3 is 19.8 Å². The van der Waals surface area contributed by atoms with Gasteiger partial charge in [-0.3, -0.25) is 0 Å². The van der Waals surface area contributed by atoms with Crippen molar-refractivity contribution in [2.24, 2.45) is 5.41 Å². The predicted molar refractivity (Wildman–Crippen MR) is 155 cm³/mol. The van der Waals surface area contributed by atoms with Gasteiger partial charge in [0.2, 0.25) is 10.0 Å². The summed E-state index contributed by atoms with van der Waals surface area (Å²) >= 11 is 0. The standard InChI is InChI=1S/C28H39N3O8S2/c1-28(2,15-8-16-29)21-30(41(37,38)24-13-11-23(39-3)12-14-24)20-26(32)25(19-22-9-6-5-7-10-22)31(27(33)34)17-18-40(4,35)36/h5-7,9-14,25-26,32H,8,15,17-21H2,1-4H3,(H,33,34)/t25-,26+/m0/s1. The first-order chi connectivity index (χ1) is 19.1. The maximum absolute atomic E-state index is 13.9. The van der Waals surface area contributed by atoms with Crippen LogP contribution in [0.2, 0.25) is 0 Å². The molecule has 13 heteroatoms. The second-order valence-electron chi connectivity index (χ2n) is 10.7. The third kappa shape index (κ3) is 10.6. The van der Waals surface area contributed by atoms with Crippen LogP contribution in [0.25, 0.3) is 0 Å². The minimum absolute atomic E-state index is 0.0202. The number of aliphatic hydroxyl groups excluding tert-OH is 1. The first-order valence-electron chi connectivity index (χ1n) is 13.0. The van der Waals surface area contributed by atoms with Crippen molar-refractivity contribution in [1.29, 1.82) is 5.26 Å². The number of ether oxygens (including phenoxy) is 1. The number of carbonyl (C=O) groups is 1. The summed E-state index contributed by atoms with van der Waals surface area (Å²) < 4.78 is 57.7. The number of hydrogen-bond donors (Lipinski definition) is 2. The van der Waals surface area contributed by atoms with Crippen LogP contribution in [0.1, 0.15) is 32.3 Å². The highest BCUT2D eigenvalue weighted by atomic mass is 32.2. The predicted octanol–water partition coefficient (Wildman–Crippen LogP) is 3.01. The van der Waals surface area contributed by atoms with E-state index in [9.17, 15) is 31.8 Å². The van der Waals surface area contributed by atoms with Crippen LogP contribution in [-0.4, -0.2) is 93.2 Å². The number of nitriles is 1. The van der Waals surface area contributed by atoms with E-state index < -0.39 is 62.4 Å². The molecule has 0 saturated carbocycles. The third-order valence-corrected chi connectivity index (χ3v) is 9.44. The molecule has 0 unspecified atom stereocenters. The zero-order chi connectivity index (χ0) is 30.8. The minimum Gasteiger partial charge on any atom is -0.497 e. The van der Waals surface area contributed by atoms with Crippen molar-refractivity contribution in [2.45, 2.75) is 50.2 Å². The van der Waals surface area contributed by atoms with Crippen LogP contribution < -0.4 is 4.74 Å². The van der Waals surface area contributed by atoms with E-state index in [2.05, 4.69) is 6.07 Å². The number of nitrogens with zero attached hydrogens (tertiary/aromatic N) is 3. The van der Waals surface area contributed by atoms with Gasteiger partial charge in [0.1, 0.15) is 15.6 Å². The molecule has 11 nitrogen and oxygen atoms in total. The molecule has 0 aliphatic carbocycles. The number of benzene rings is 2. The molecule has 2 aromatic carbocycles. The molecule has 0 spiro atoms. The topological polar surface area (TPSA) is 165 Å². The van der Waals surface area contributed by atoms with E-state index in [-0.39, 0.29) is 24.3 Å². The Bertz CT molecular complexity index is 1390. The average Bonchev–Trinajstić information content (AvgIpc) is 2.90. The number of carboxylic acid groups (broad SMARTS) is 1. The zero-order valence-electron chi connectivity index (χ0n) is 23.8. The molecular weight excluding hydrogens is 570 g/mol. The first kappa shape index (κ1) is 34.0. The van der Waals surface area contributed by atoms with Crippen molar-refractivity contribution in [3.05, 3.63) is 60.2 Å². The molecule has 2 atom stereocenters. The lowest BCUT2D eigenvalue weighted by Crippen LogP contribution is -2.54. The molecule has 0 radical (unpaired) electrons. The van der Waals surface area contributed by atoms with Gasteiger partial charge in [-0.15, -0.1) is 0 Å². The van der Waals surface area contributed by atoms with Gasteiger partial charge in [0.15, 0.2) is 0 Å². The van der Waals surface area contributed by atoms with Crippen molar-refractivity contribution in [1.82, 2.24) is 9.21 Å². The summed E-state index contributed by atoms with van der Waals surface area (Å²) in [4.78, 5) is 13.1. The van der Waals surface area contributed by atoms with Crippen molar-refractivity contribution in [2.75, 3.05) is 38.8 Å². The summed E-state index contributed by atoms with van der Waals surface area (Å²) in [7, 11) is -6.28. The number of amides is 1. The van der Waals surface area contributed by atoms with Crippen LogP contribution >= 0.6 is 0 Å². The summed E-state index contributed by atoms with van der Waals surface area (Å²) in [5, 5.41) is 30.6. The van der Waals surface area contributed by atoms with E-state index in [1.54, 1.807) is 30.3 Å². The monoisotopic (exact) mass is 609 g/mol. The maximum atomic E-state index is 13.9. The summed E-state index contributed by atoms with van der Waals surface area (Å²) in [6.07, 6.45) is -1.37. The number of hydrogen-bond acceptors (Lipinski definition) is 8. The fourth-order valence-electron chi connectivity index (χ4n) is 4.40. The van der Waals surface area contributed by atoms with E-state index in [1.165, 1.54) is 31.4 Å². The van der Waals surface area contributed by atoms with Crippen molar-refractivity contribution >= 4 is 26.0 Å². The zero-order valence-corrected chi connectivity index (χ0v) is 25.4. The Morgan fingerprint density at radius 2 is 1.68 bits per heavy atom. The molecule has 41 heavy (non-hydrogen) atoms. The molecular formula is C28H39N3O8S2. The molecule has 0 bridgehead atoms. The Labute approximate surface area is 242 Å². The van der Waals surface area contributed by atoms with Crippen molar-refractivity contribution in [3.63, 3.8) is 0 Å². The molecule has 2 N–H and O–H groups in total. The van der Waals surface area contributed by atoms with Gasteiger partial charge in [-0.2, -0.15) is 9.57 Å². The number of methoxy groups -OCH3 is 1. The maximum Gasteiger partial charge on any atom is 0.407 e. The molecule has 0 aliphatic heterocycles. The number of aliphatic hydroxyl groups is 1. The first-order valence-corrected chi connectivity index (χ1v) is 16.5. The smallest absolute Gasteiger partial charge is 0.407 e. The van der Waals surface area contributed by atoms with E-state index >= 15 is 0 Å². The van der Waals surface area contributed by atoms with E-state index in [4.69, 9.17) is 10.00 Å². The Morgan fingerprint density at radius 1 is 1.07 bits per heavy atom. The Hall–Kier alpha value is -3.18. The SMILES string of the molecule is COc1ccc(S(=O)(=O)N(C[C@@H](O)[C@H](Cc2ccccc2)N(CCS(C)(=O)=O)C(=O)O)CC(C)(C)CCC#N)cc1. The summed E-state index contributed by atoms with van der Waals surface area (Å²) in [5.74, 6) is -0.0115. The molecule has 226 valence electrons. The lowest BCUT2D eigenvalue weighted by atomic mass is 9.88. The van der Waals surface area contributed by atoms with Gasteiger partial charge in [-0.1, -0.05) is 44.2 Å². The second-order valence-corrected chi connectivity index (χ2v) is 14.9. The second kappa shape index (κ2) is 14.6. The van der Waals surface area contributed by atoms with Gasteiger partial charge in [-0.05, 0) is 48.1 Å². The molecule has 0 saturated heterocycles. The fourth-order valence-corrected chi connectivity index (χ4v) is 6.58. The van der Waals surface area contributed by atoms with Gasteiger partial charge in [0.25, 0.3) is 0 Å². The van der Waals surface area contributed by atoms with Crippen LogP contribution in [0.3, 0.4) is 0 Å². The summed E-state index contributed by atoms with van der Waals surface area (Å²) in [5.41, 5.74) is 0.0215. The number of sulfonamides is 1. The fraction of sp³-hybridized carbons (Fsp3) is 0.500. The molecule has 0 heterocycles. The molecule has 0 aliphatic rings. The highest BCUT2D eigenvalue weighted by Crippen LogP contribution is 2.29. The molecule has 2 aromatic rings. The van der Waals surface area contributed by atoms with Crippen molar-refractivity contribution in [3.8, 4) is 11.8 Å². The number of sulfone groups is 1. The third-order valence-electron chi connectivity index (χ3n) is 6.69. The normalized spacial score (nSPS) is 13.8. The highest BCUT2D eigenvalue weighted by Gasteiger charge is 2.37. The van der Waals surface area contributed by atoms with Gasteiger partial charge in [0, 0.05) is 32.3 Å². The van der Waals surface area contributed by atoms with Crippen LogP contribution in [-0.2, 0) is 26.3 Å². The van der Waals surface area contributed by atoms with E-state index in [0.717, 1.165) is 15.5 Å². The van der Waals surface area contributed by atoms with Crippen molar-refractivity contribution < 1.29 is 36.6 Å². The number of rotatable bonds is 16. The largest absolute Gasteiger partial charge is 0.497 e. The van der Waals surface area contributed by atoms with Gasteiger partial charge in [0.05, 0.1) is 36.0 Å². The van der Waals surface area contributed by atoms with Crippen LogP contribution in [0, 0.1) is 16.7 Å². The molecule has 0 aromatic heterocycles. The van der Waals surface area contributed by atoms with Crippen LogP contribution in [0.5, 0.6) is 5.75 Å². The van der Waals surface area contributed by atoms with Crippen LogP contribution in [0.4, 0.5) is 4.79 Å². The van der Waals surface area contributed by atoms with E-state index in [1.807, 2.05) is 13.8 Å².